The summed E-state index contributed by atoms with van der Waals surface area (Å²) in [7, 11) is 0. The van der Waals surface area contributed by atoms with E-state index >= 15 is 0 Å². The average Bonchev–Trinajstić information content (AvgIpc) is 2.53. The normalized spacial score (nSPS) is 11.1. The molecule has 0 spiro atoms. The van der Waals surface area contributed by atoms with E-state index in [4.69, 9.17) is 0 Å². The van der Waals surface area contributed by atoms with Crippen LogP contribution in [0.4, 0.5) is 5.69 Å². The van der Waals surface area contributed by atoms with Crippen molar-refractivity contribution in [1.29, 1.82) is 0 Å². The van der Waals surface area contributed by atoms with Crippen LogP contribution in [0, 0.1) is 6.92 Å². The van der Waals surface area contributed by atoms with Gasteiger partial charge in [0.25, 0.3) is 0 Å². The largest absolute Gasteiger partial charge is 0.325 e. The van der Waals surface area contributed by atoms with Crippen molar-refractivity contribution < 1.29 is 4.79 Å². The van der Waals surface area contributed by atoms with Crippen molar-refractivity contribution in [3.05, 3.63) is 59.2 Å². The number of nitrogens with one attached hydrogen (secondary N) is 1. The minimum Gasteiger partial charge on any atom is -0.325 e. The van der Waals surface area contributed by atoms with Gasteiger partial charge in [0.2, 0.25) is 5.91 Å². The third kappa shape index (κ3) is 4.64. The Morgan fingerprint density at radius 3 is 2.08 bits per heavy atom. The van der Waals surface area contributed by atoms with E-state index in [1.165, 1.54) is 16.7 Å². The Hall–Kier alpha value is -1.74. The number of hydrogen-bond donors (Lipinski definition) is 1. The van der Waals surface area contributed by atoms with Crippen LogP contribution < -0.4 is 5.32 Å². The second kappa shape index (κ2) is 8.39. The van der Waals surface area contributed by atoms with Gasteiger partial charge < -0.3 is 5.32 Å². The third-order valence-corrected chi connectivity index (χ3v) is 5.27. The Kier molecular flexibility index (Phi) is 6.50. The monoisotopic (exact) mass is 341 g/mol. The van der Waals surface area contributed by atoms with E-state index in [-0.39, 0.29) is 5.91 Å². The Morgan fingerprint density at radius 1 is 0.958 bits per heavy atom. The smallest absolute Gasteiger partial charge is 0.234 e. The van der Waals surface area contributed by atoms with Crippen molar-refractivity contribution in [1.82, 2.24) is 0 Å². The number of aryl methyl sites for hydroxylation is 1. The molecule has 0 radical (unpaired) electrons. The van der Waals surface area contributed by atoms with Gasteiger partial charge in [-0.2, -0.15) is 0 Å². The summed E-state index contributed by atoms with van der Waals surface area (Å²) in [4.78, 5) is 13.7. The topological polar surface area (TPSA) is 29.1 Å². The Morgan fingerprint density at radius 2 is 1.54 bits per heavy atom. The van der Waals surface area contributed by atoms with Crippen LogP contribution in [-0.4, -0.2) is 11.7 Å². The van der Waals surface area contributed by atoms with Crippen molar-refractivity contribution in [3.63, 3.8) is 0 Å². The lowest BCUT2D eigenvalue weighted by molar-refractivity contribution is -0.113. The van der Waals surface area contributed by atoms with Crippen LogP contribution in [0.2, 0.25) is 0 Å². The summed E-state index contributed by atoms with van der Waals surface area (Å²) in [5.74, 6) is 1.23. The van der Waals surface area contributed by atoms with Gasteiger partial charge >= 0.3 is 0 Å². The maximum absolute atomic E-state index is 12.5. The summed E-state index contributed by atoms with van der Waals surface area (Å²) in [6.07, 6.45) is 0. The van der Waals surface area contributed by atoms with Gasteiger partial charge in [0.05, 0.1) is 5.75 Å². The Bertz CT molecular complexity index is 680. The van der Waals surface area contributed by atoms with E-state index in [0.29, 0.717) is 17.6 Å². The number of hydrogen-bond acceptors (Lipinski definition) is 2. The van der Waals surface area contributed by atoms with Gasteiger partial charge in [-0.3, -0.25) is 4.79 Å². The lowest BCUT2D eigenvalue weighted by atomic mass is 9.92. The molecular weight excluding hydrogens is 314 g/mol. The molecule has 0 aliphatic rings. The molecule has 0 heterocycles. The number of para-hydroxylation sites is 1. The van der Waals surface area contributed by atoms with E-state index in [0.717, 1.165) is 10.6 Å². The molecule has 0 unspecified atom stereocenters. The lowest BCUT2D eigenvalue weighted by Gasteiger charge is -2.20. The molecule has 0 aliphatic heterocycles. The van der Waals surface area contributed by atoms with E-state index < -0.39 is 0 Å². The highest BCUT2D eigenvalue weighted by Crippen LogP contribution is 2.32. The summed E-state index contributed by atoms with van der Waals surface area (Å²) in [6.45, 7) is 10.7. The number of benzene rings is 2. The molecule has 1 amide bonds. The maximum Gasteiger partial charge on any atom is 0.234 e. The average molecular weight is 342 g/mol. The molecule has 24 heavy (non-hydrogen) atoms. The molecule has 2 aromatic rings. The van der Waals surface area contributed by atoms with E-state index in [9.17, 15) is 4.79 Å². The van der Waals surface area contributed by atoms with E-state index in [1.807, 2.05) is 12.1 Å². The van der Waals surface area contributed by atoms with Gasteiger partial charge in [-0.05, 0) is 41.5 Å². The fourth-order valence-electron chi connectivity index (χ4n) is 2.73. The molecule has 2 rings (SSSR count). The molecular formula is C21H27NOS. The third-order valence-electron chi connectivity index (χ3n) is 4.09. The van der Waals surface area contributed by atoms with Crippen molar-refractivity contribution in [3.8, 4) is 0 Å². The Balaban J connectivity index is 2.15. The molecule has 128 valence electrons. The summed E-state index contributed by atoms with van der Waals surface area (Å²) in [5.41, 5.74) is 4.62. The van der Waals surface area contributed by atoms with Gasteiger partial charge in [-0.25, -0.2) is 0 Å². The number of carbonyl (C=O) groups excluding carboxylic acids is 1. The van der Waals surface area contributed by atoms with Gasteiger partial charge in [0.15, 0.2) is 0 Å². The van der Waals surface area contributed by atoms with Crippen LogP contribution in [0.5, 0.6) is 0 Å². The summed E-state index contributed by atoms with van der Waals surface area (Å²) < 4.78 is 0. The van der Waals surface area contributed by atoms with Gasteiger partial charge in [0, 0.05) is 10.6 Å². The van der Waals surface area contributed by atoms with E-state index in [2.05, 4.69) is 70.3 Å². The summed E-state index contributed by atoms with van der Waals surface area (Å²) >= 11 is 1.59. The molecule has 0 saturated carbocycles. The Labute approximate surface area is 150 Å². The maximum atomic E-state index is 12.5. The van der Waals surface area contributed by atoms with Gasteiger partial charge in [-0.1, -0.05) is 64.1 Å². The highest BCUT2D eigenvalue weighted by atomic mass is 32.2. The first-order valence-corrected chi connectivity index (χ1v) is 9.49. The first-order valence-electron chi connectivity index (χ1n) is 8.51. The first-order chi connectivity index (χ1) is 11.4. The molecule has 0 fully saturated rings. The van der Waals surface area contributed by atoms with Crippen LogP contribution in [0.15, 0.2) is 47.4 Å². The number of amides is 1. The zero-order valence-electron chi connectivity index (χ0n) is 15.2. The second-order valence-electron chi connectivity index (χ2n) is 6.72. The van der Waals surface area contributed by atoms with Crippen molar-refractivity contribution in [2.45, 2.75) is 51.3 Å². The number of rotatable bonds is 6. The van der Waals surface area contributed by atoms with Crippen LogP contribution in [-0.2, 0) is 4.79 Å². The fourth-order valence-corrected chi connectivity index (χ4v) is 3.56. The van der Waals surface area contributed by atoms with Crippen molar-refractivity contribution >= 4 is 23.4 Å². The van der Waals surface area contributed by atoms with E-state index in [1.54, 1.807) is 11.8 Å². The summed E-state index contributed by atoms with van der Waals surface area (Å²) in [6, 6.07) is 14.5. The minimum atomic E-state index is 0.0539. The van der Waals surface area contributed by atoms with Crippen LogP contribution >= 0.6 is 11.8 Å². The standard InChI is InChI=1S/C21H27NOS/c1-14(2)17-10-8-11-18(15(3)4)21(17)22-20(23)13-24-19-12-7-6-9-16(19)5/h6-12,14-15H,13H2,1-5H3,(H,22,23). The first kappa shape index (κ1) is 18.6. The predicted octanol–water partition coefficient (Wildman–Crippen LogP) is 5.97. The molecule has 0 aromatic heterocycles. The molecule has 3 heteroatoms. The number of thioether (sulfide) groups is 1. The zero-order valence-corrected chi connectivity index (χ0v) is 16.0. The van der Waals surface area contributed by atoms with Crippen molar-refractivity contribution in [2.75, 3.05) is 11.1 Å². The highest BCUT2D eigenvalue weighted by Gasteiger charge is 2.16. The van der Waals surface area contributed by atoms with Crippen LogP contribution in [0.1, 0.15) is 56.2 Å². The zero-order chi connectivity index (χ0) is 17.7. The van der Waals surface area contributed by atoms with Crippen LogP contribution in [0.3, 0.4) is 0 Å². The lowest BCUT2D eigenvalue weighted by Crippen LogP contribution is -2.17. The summed E-state index contributed by atoms with van der Waals surface area (Å²) in [5, 5.41) is 3.17. The SMILES string of the molecule is Cc1ccccc1SCC(=O)Nc1c(C(C)C)cccc1C(C)C. The molecule has 0 bridgehead atoms. The number of carbonyl (C=O) groups is 1. The molecule has 2 aromatic carbocycles. The predicted molar refractivity (Wildman–Crippen MR) is 105 cm³/mol. The quantitative estimate of drug-likeness (QED) is 0.656. The fraction of sp³-hybridized carbons (Fsp3) is 0.381. The minimum absolute atomic E-state index is 0.0539. The molecule has 0 saturated heterocycles. The molecule has 2 nitrogen and oxygen atoms in total. The van der Waals surface area contributed by atoms with Crippen molar-refractivity contribution in [2.24, 2.45) is 0 Å². The molecule has 1 N–H and O–H groups in total. The van der Waals surface area contributed by atoms with Gasteiger partial charge in [-0.15, -0.1) is 11.8 Å². The second-order valence-corrected chi connectivity index (χ2v) is 7.74. The molecule has 0 aliphatic carbocycles. The van der Waals surface area contributed by atoms with Gasteiger partial charge in [0.1, 0.15) is 0 Å². The number of anilines is 1. The van der Waals surface area contributed by atoms with Crippen LogP contribution in [0.25, 0.3) is 0 Å². The molecule has 0 atom stereocenters. The highest BCUT2D eigenvalue weighted by molar-refractivity contribution is 8.00.